The van der Waals surface area contributed by atoms with Crippen LogP contribution in [0, 0.1) is 5.41 Å². The minimum absolute atomic E-state index is 0.0758. The SMILES string of the molecule is COc1ccc(Nc2nc(NCc3ccccc3)nc3c2C(=O)CC(C)(C)C3)cc1. The maximum atomic E-state index is 12.9. The van der Waals surface area contributed by atoms with Crippen LogP contribution < -0.4 is 15.4 Å². The second-order valence-electron chi connectivity index (χ2n) is 8.35. The largest absolute Gasteiger partial charge is 0.497 e. The molecule has 1 aliphatic carbocycles. The summed E-state index contributed by atoms with van der Waals surface area (Å²) >= 11 is 0. The normalized spacial score (nSPS) is 14.7. The van der Waals surface area contributed by atoms with E-state index in [4.69, 9.17) is 9.72 Å². The molecule has 0 spiro atoms. The molecule has 2 aromatic carbocycles. The van der Waals surface area contributed by atoms with Gasteiger partial charge in [0.1, 0.15) is 11.6 Å². The van der Waals surface area contributed by atoms with E-state index < -0.39 is 0 Å². The molecule has 6 nitrogen and oxygen atoms in total. The monoisotopic (exact) mass is 402 g/mol. The Labute approximate surface area is 176 Å². The van der Waals surface area contributed by atoms with Crippen molar-refractivity contribution in [3.63, 3.8) is 0 Å². The molecule has 0 amide bonds. The van der Waals surface area contributed by atoms with Gasteiger partial charge in [0.15, 0.2) is 5.78 Å². The van der Waals surface area contributed by atoms with E-state index in [1.807, 2.05) is 42.5 Å². The van der Waals surface area contributed by atoms with E-state index in [9.17, 15) is 4.79 Å². The maximum Gasteiger partial charge on any atom is 0.225 e. The molecule has 1 heterocycles. The Morgan fingerprint density at radius 3 is 2.43 bits per heavy atom. The summed E-state index contributed by atoms with van der Waals surface area (Å²) < 4.78 is 5.23. The number of hydrogen-bond donors (Lipinski definition) is 2. The fourth-order valence-electron chi connectivity index (χ4n) is 3.72. The molecule has 0 fully saturated rings. The Morgan fingerprint density at radius 1 is 1.00 bits per heavy atom. The molecule has 6 heteroatoms. The second-order valence-corrected chi connectivity index (χ2v) is 8.35. The third-order valence-corrected chi connectivity index (χ3v) is 5.19. The van der Waals surface area contributed by atoms with Crippen LogP contribution in [0.3, 0.4) is 0 Å². The molecule has 0 saturated carbocycles. The quantitative estimate of drug-likeness (QED) is 0.605. The molecule has 0 radical (unpaired) electrons. The van der Waals surface area contributed by atoms with Crippen LogP contribution in [0.2, 0.25) is 0 Å². The summed E-state index contributed by atoms with van der Waals surface area (Å²) in [5.41, 5.74) is 3.24. The van der Waals surface area contributed by atoms with Gasteiger partial charge in [0.05, 0.1) is 18.4 Å². The van der Waals surface area contributed by atoms with E-state index in [1.54, 1.807) is 7.11 Å². The van der Waals surface area contributed by atoms with Gasteiger partial charge >= 0.3 is 0 Å². The van der Waals surface area contributed by atoms with Gasteiger partial charge in [-0.15, -0.1) is 0 Å². The molecular weight excluding hydrogens is 376 g/mol. The van der Waals surface area contributed by atoms with E-state index in [1.165, 1.54) is 0 Å². The predicted octanol–water partition coefficient (Wildman–Crippen LogP) is 5.00. The van der Waals surface area contributed by atoms with E-state index in [2.05, 4.69) is 41.6 Å². The smallest absolute Gasteiger partial charge is 0.225 e. The lowest BCUT2D eigenvalue weighted by Crippen LogP contribution is -2.29. The number of rotatable bonds is 6. The van der Waals surface area contributed by atoms with Crippen LogP contribution in [-0.4, -0.2) is 22.9 Å². The van der Waals surface area contributed by atoms with Crippen molar-refractivity contribution >= 4 is 23.2 Å². The zero-order valence-corrected chi connectivity index (χ0v) is 17.5. The maximum absolute atomic E-state index is 12.9. The number of methoxy groups -OCH3 is 1. The molecule has 3 aromatic rings. The highest BCUT2D eigenvalue weighted by Gasteiger charge is 2.34. The van der Waals surface area contributed by atoms with Gasteiger partial charge in [-0.3, -0.25) is 4.79 Å². The van der Waals surface area contributed by atoms with Crippen molar-refractivity contribution in [2.24, 2.45) is 5.41 Å². The van der Waals surface area contributed by atoms with Crippen molar-refractivity contribution in [3.8, 4) is 5.75 Å². The van der Waals surface area contributed by atoms with Crippen molar-refractivity contribution in [1.29, 1.82) is 0 Å². The van der Waals surface area contributed by atoms with E-state index in [0.29, 0.717) is 30.3 Å². The summed E-state index contributed by atoms with van der Waals surface area (Å²) in [7, 11) is 1.63. The first-order chi connectivity index (χ1) is 14.4. The molecule has 2 N–H and O–H groups in total. The lowest BCUT2D eigenvalue weighted by atomic mass is 9.75. The second kappa shape index (κ2) is 8.14. The molecule has 154 valence electrons. The summed E-state index contributed by atoms with van der Waals surface area (Å²) in [5, 5.41) is 6.62. The summed E-state index contributed by atoms with van der Waals surface area (Å²) in [5.74, 6) is 1.90. The van der Waals surface area contributed by atoms with Gasteiger partial charge in [-0.2, -0.15) is 4.98 Å². The number of aromatic nitrogens is 2. The zero-order valence-electron chi connectivity index (χ0n) is 17.5. The summed E-state index contributed by atoms with van der Waals surface area (Å²) in [6.07, 6.45) is 1.21. The number of anilines is 3. The van der Waals surface area contributed by atoms with E-state index in [-0.39, 0.29) is 11.2 Å². The molecule has 4 rings (SSSR count). The Kier molecular flexibility index (Phi) is 5.40. The van der Waals surface area contributed by atoms with Gasteiger partial charge < -0.3 is 15.4 Å². The molecule has 0 atom stereocenters. The number of nitrogens with zero attached hydrogens (tertiary/aromatic N) is 2. The standard InChI is InChI=1S/C24H26N4O2/c1-24(2)13-19-21(20(29)14-24)22(26-17-9-11-18(30-3)12-10-17)28-23(27-19)25-15-16-7-5-4-6-8-16/h4-12H,13-15H2,1-3H3,(H2,25,26,27,28). The Hall–Kier alpha value is -3.41. The van der Waals surface area contributed by atoms with Gasteiger partial charge in [-0.05, 0) is 41.7 Å². The molecule has 1 aromatic heterocycles. The Bertz CT molecular complexity index is 1050. The lowest BCUT2D eigenvalue weighted by Gasteiger charge is -2.30. The molecule has 0 unspecified atom stereocenters. The van der Waals surface area contributed by atoms with Crippen molar-refractivity contribution in [2.75, 3.05) is 17.7 Å². The average Bonchev–Trinajstić information content (AvgIpc) is 2.72. The number of Topliss-reactive ketones (excluding diaryl/α,β-unsaturated/α-hetero) is 1. The highest BCUT2D eigenvalue weighted by Crippen LogP contribution is 2.37. The Morgan fingerprint density at radius 2 is 1.73 bits per heavy atom. The molecule has 0 bridgehead atoms. The first-order valence-corrected chi connectivity index (χ1v) is 10.1. The topological polar surface area (TPSA) is 76.1 Å². The van der Waals surface area contributed by atoms with Gasteiger partial charge in [0.2, 0.25) is 5.95 Å². The van der Waals surface area contributed by atoms with Crippen LogP contribution >= 0.6 is 0 Å². The van der Waals surface area contributed by atoms with Crippen molar-refractivity contribution in [2.45, 2.75) is 33.2 Å². The number of carbonyl (C=O) groups excluding carboxylic acids is 1. The van der Waals surface area contributed by atoms with Crippen LogP contribution in [0.5, 0.6) is 5.75 Å². The minimum Gasteiger partial charge on any atom is -0.497 e. The predicted molar refractivity (Wildman–Crippen MR) is 119 cm³/mol. The fraction of sp³-hybridized carbons (Fsp3) is 0.292. The number of hydrogen-bond acceptors (Lipinski definition) is 6. The van der Waals surface area contributed by atoms with Crippen molar-refractivity contribution < 1.29 is 9.53 Å². The van der Waals surface area contributed by atoms with Crippen LogP contribution in [0.25, 0.3) is 0 Å². The molecule has 1 aliphatic rings. The molecule has 0 saturated heterocycles. The van der Waals surface area contributed by atoms with Gasteiger partial charge in [-0.25, -0.2) is 4.98 Å². The number of carbonyl (C=O) groups is 1. The van der Waals surface area contributed by atoms with Gasteiger partial charge in [0, 0.05) is 18.7 Å². The van der Waals surface area contributed by atoms with Crippen molar-refractivity contribution in [3.05, 3.63) is 71.4 Å². The molecule has 30 heavy (non-hydrogen) atoms. The number of benzene rings is 2. The molecule has 0 aliphatic heterocycles. The zero-order chi connectivity index (χ0) is 21.1. The highest BCUT2D eigenvalue weighted by atomic mass is 16.5. The van der Waals surface area contributed by atoms with E-state index >= 15 is 0 Å². The van der Waals surface area contributed by atoms with Crippen LogP contribution in [-0.2, 0) is 13.0 Å². The first-order valence-electron chi connectivity index (χ1n) is 10.1. The van der Waals surface area contributed by atoms with Crippen LogP contribution in [0.15, 0.2) is 54.6 Å². The number of fused-ring (bicyclic) bond motifs is 1. The van der Waals surface area contributed by atoms with Crippen LogP contribution in [0.4, 0.5) is 17.5 Å². The number of nitrogens with one attached hydrogen (secondary N) is 2. The Balaban J connectivity index is 1.68. The third-order valence-electron chi connectivity index (χ3n) is 5.19. The first kappa shape index (κ1) is 19.9. The summed E-state index contributed by atoms with van der Waals surface area (Å²) in [6.45, 7) is 4.81. The fourth-order valence-corrected chi connectivity index (χ4v) is 3.72. The summed E-state index contributed by atoms with van der Waals surface area (Å²) in [4.78, 5) is 22.3. The highest BCUT2D eigenvalue weighted by molar-refractivity contribution is 6.03. The average molecular weight is 402 g/mol. The van der Waals surface area contributed by atoms with Crippen LogP contribution in [0.1, 0.15) is 41.9 Å². The summed E-state index contributed by atoms with van der Waals surface area (Å²) in [6, 6.07) is 17.6. The minimum atomic E-state index is -0.119. The molecular formula is C24H26N4O2. The van der Waals surface area contributed by atoms with E-state index in [0.717, 1.165) is 29.1 Å². The van der Waals surface area contributed by atoms with Crippen molar-refractivity contribution in [1.82, 2.24) is 9.97 Å². The lowest BCUT2D eigenvalue weighted by molar-refractivity contribution is 0.0911. The number of ketones is 1. The van der Waals surface area contributed by atoms with Gasteiger partial charge in [-0.1, -0.05) is 44.2 Å². The van der Waals surface area contributed by atoms with Gasteiger partial charge in [0.25, 0.3) is 0 Å². The third kappa shape index (κ3) is 4.43. The number of ether oxygens (including phenoxy) is 1.